The van der Waals surface area contributed by atoms with Gasteiger partial charge in [0.1, 0.15) is 0 Å². The summed E-state index contributed by atoms with van der Waals surface area (Å²) in [4.78, 5) is 24.5. The van der Waals surface area contributed by atoms with Crippen LogP contribution in [0.4, 0.5) is 11.4 Å². The van der Waals surface area contributed by atoms with Crippen LogP contribution in [-0.4, -0.2) is 37.6 Å². The third kappa shape index (κ3) is 5.32. The number of carbonyl (C=O) groups is 2. The van der Waals surface area contributed by atoms with Crippen LogP contribution >= 0.6 is 0 Å². The lowest BCUT2D eigenvalue weighted by Gasteiger charge is -2.32. The third-order valence-corrected chi connectivity index (χ3v) is 7.58. The van der Waals surface area contributed by atoms with Gasteiger partial charge in [-0.2, -0.15) is 4.31 Å². The topological polar surface area (TPSA) is 95.6 Å². The van der Waals surface area contributed by atoms with Crippen molar-refractivity contribution in [1.29, 1.82) is 0 Å². The first-order chi connectivity index (χ1) is 14.6. The summed E-state index contributed by atoms with van der Waals surface area (Å²) in [6, 6.07) is 10.6. The Kier molecular flexibility index (Phi) is 6.81. The van der Waals surface area contributed by atoms with E-state index in [1.165, 1.54) is 11.2 Å². The van der Waals surface area contributed by atoms with Gasteiger partial charge in [-0.1, -0.05) is 23.8 Å². The zero-order chi connectivity index (χ0) is 22.8. The molecule has 0 radical (unpaired) electrons. The number of nitrogens with zero attached hydrogens (tertiary/aromatic N) is 1. The van der Waals surface area contributed by atoms with Gasteiger partial charge in [0.15, 0.2) is 0 Å². The van der Waals surface area contributed by atoms with Crippen molar-refractivity contribution >= 4 is 33.2 Å². The average molecular weight is 444 g/mol. The van der Waals surface area contributed by atoms with Crippen molar-refractivity contribution in [3.05, 3.63) is 53.1 Å². The molecule has 2 amide bonds. The van der Waals surface area contributed by atoms with Gasteiger partial charge < -0.3 is 10.6 Å². The van der Waals surface area contributed by atoms with E-state index in [0.29, 0.717) is 35.7 Å². The lowest BCUT2D eigenvalue weighted by Crippen LogP contribution is -2.44. The number of rotatable bonds is 5. The molecule has 1 atom stereocenters. The second-order valence-electron chi connectivity index (χ2n) is 8.18. The Morgan fingerprint density at radius 1 is 1.00 bits per heavy atom. The molecule has 1 aliphatic heterocycles. The molecular formula is C23H29N3O4S. The van der Waals surface area contributed by atoms with E-state index in [4.69, 9.17) is 0 Å². The molecule has 1 aliphatic rings. The lowest BCUT2D eigenvalue weighted by atomic mass is 9.98. The summed E-state index contributed by atoms with van der Waals surface area (Å²) in [7, 11) is -3.69. The van der Waals surface area contributed by atoms with E-state index in [0.717, 1.165) is 16.7 Å². The molecule has 0 aromatic heterocycles. The SMILES string of the molecule is CC(=O)Nc1cccc(NC(=O)[C@@H]2CCCN(S(=O)(=O)c3c(C)cc(C)cc3C)C2)c1. The standard InChI is InChI=1S/C23H29N3O4S/c1-15-11-16(2)22(17(3)12-15)31(29,30)26-10-6-7-19(14-26)23(28)25-21-9-5-8-20(13-21)24-18(4)27/h5,8-9,11-13,19H,6-7,10,14H2,1-4H3,(H,24,27)(H,25,28)/t19-/m1/s1. The molecule has 3 rings (SSSR count). The van der Waals surface area contributed by atoms with Crippen LogP contribution in [0, 0.1) is 26.7 Å². The number of aryl methyl sites for hydroxylation is 3. The number of benzene rings is 2. The number of hydrogen-bond donors (Lipinski definition) is 2. The molecule has 0 saturated carbocycles. The van der Waals surface area contributed by atoms with Crippen molar-refractivity contribution in [2.75, 3.05) is 23.7 Å². The minimum atomic E-state index is -3.69. The zero-order valence-electron chi connectivity index (χ0n) is 18.4. The van der Waals surface area contributed by atoms with Gasteiger partial charge >= 0.3 is 0 Å². The monoisotopic (exact) mass is 443 g/mol. The second-order valence-corrected chi connectivity index (χ2v) is 10.1. The van der Waals surface area contributed by atoms with Gasteiger partial charge in [0.2, 0.25) is 21.8 Å². The molecule has 8 heteroatoms. The Labute approximate surface area is 183 Å². The van der Waals surface area contributed by atoms with Crippen molar-refractivity contribution < 1.29 is 18.0 Å². The van der Waals surface area contributed by atoms with Crippen LogP contribution < -0.4 is 10.6 Å². The van der Waals surface area contributed by atoms with Crippen molar-refractivity contribution in [3.8, 4) is 0 Å². The van der Waals surface area contributed by atoms with Gasteiger partial charge in [0.25, 0.3) is 0 Å². The summed E-state index contributed by atoms with van der Waals surface area (Å²) >= 11 is 0. The molecule has 1 fully saturated rings. The molecule has 2 aromatic carbocycles. The molecule has 7 nitrogen and oxygen atoms in total. The van der Waals surface area contributed by atoms with E-state index in [1.807, 2.05) is 32.9 Å². The molecule has 0 bridgehead atoms. The molecular weight excluding hydrogens is 414 g/mol. The molecule has 2 aromatic rings. The molecule has 31 heavy (non-hydrogen) atoms. The first-order valence-electron chi connectivity index (χ1n) is 10.3. The smallest absolute Gasteiger partial charge is 0.243 e. The van der Waals surface area contributed by atoms with Crippen LogP contribution in [-0.2, 0) is 19.6 Å². The fourth-order valence-electron chi connectivity index (χ4n) is 4.20. The van der Waals surface area contributed by atoms with Crippen LogP contribution in [0.3, 0.4) is 0 Å². The normalized spacial score (nSPS) is 17.2. The molecule has 0 unspecified atom stereocenters. The van der Waals surface area contributed by atoms with E-state index in [9.17, 15) is 18.0 Å². The molecule has 1 saturated heterocycles. The fraction of sp³-hybridized carbons (Fsp3) is 0.391. The van der Waals surface area contributed by atoms with Crippen LogP contribution in [0.15, 0.2) is 41.3 Å². The van der Waals surface area contributed by atoms with Gasteiger partial charge in [0, 0.05) is 31.4 Å². The van der Waals surface area contributed by atoms with Gasteiger partial charge in [0.05, 0.1) is 10.8 Å². The predicted molar refractivity (Wildman–Crippen MR) is 122 cm³/mol. The Hall–Kier alpha value is -2.71. The highest BCUT2D eigenvalue weighted by Gasteiger charge is 2.34. The van der Waals surface area contributed by atoms with Crippen molar-refractivity contribution in [3.63, 3.8) is 0 Å². The Morgan fingerprint density at radius 2 is 1.61 bits per heavy atom. The molecule has 2 N–H and O–H groups in total. The predicted octanol–water partition coefficient (Wildman–Crippen LogP) is 3.61. The van der Waals surface area contributed by atoms with E-state index in [1.54, 1.807) is 24.3 Å². The highest BCUT2D eigenvalue weighted by molar-refractivity contribution is 7.89. The number of hydrogen-bond acceptors (Lipinski definition) is 4. The number of nitrogens with one attached hydrogen (secondary N) is 2. The van der Waals surface area contributed by atoms with E-state index >= 15 is 0 Å². The number of piperidine rings is 1. The quantitative estimate of drug-likeness (QED) is 0.738. The van der Waals surface area contributed by atoms with Crippen LogP contribution in [0.25, 0.3) is 0 Å². The van der Waals surface area contributed by atoms with Crippen molar-refractivity contribution in [1.82, 2.24) is 4.31 Å². The Morgan fingerprint density at radius 3 is 2.23 bits per heavy atom. The summed E-state index contributed by atoms with van der Waals surface area (Å²) in [5.74, 6) is -0.866. The number of carbonyl (C=O) groups excluding carboxylic acids is 2. The van der Waals surface area contributed by atoms with Crippen LogP contribution in [0.1, 0.15) is 36.5 Å². The summed E-state index contributed by atoms with van der Waals surface area (Å²) in [5.41, 5.74) is 3.61. The first-order valence-corrected chi connectivity index (χ1v) is 11.8. The highest BCUT2D eigenvalue weighted by atomic mass is 32.2. The minimum Gasteiger partial charge on any atom is -0.326 e. The average Bonchev–Trinajstić information content (AvgIpc) is 2.66. The van der Waals surface area contributed by atoms with Gasteiger partial charge in [-0.15, -0.1) is 0 Å². The molecule has 166 valence electrons. The highest BCUT2D eigenvalue weighted by Crippen LogP contribution is 2.29. The Bertz CT molecular complexity index is 1090. The molecule has 0 spiro atoms. The largest absolute Gasteiger partial charge is 0.326 e. The van der Waals surface area contributed by atoms with Crippen molar-refractivity contribution in [2.24, 2.45) is 5.92 Å². The van der Waals surface area contributed by atoms with E-state index < -0.39 is 15.9 Å². The summed E-state index contributed by atoms with van der Waals surface area (Å²) in [6.45, 7) is 7.52. The second kappa shape index (κ2) is 9.20. The number of sulfonamides is 1. The summed E-state index contributed by atoms with van der Waals surface area (Å²) in [5, 5.41) is 5.54. The van der Waals surface area contributed by atoms with E-state index in [-0.39, 0.29) is 18.4 Å². The number of amides is 2. The number of anilines is 2. The van der Waals surface area contributed by atoms with Crippen LogP contribution in [0.2, 0.25) is 0 Å². The van der Waals surface area contributed by atoms with Gasteiger partial charge in [-0.3, -0.25) is 9.59 Å². The lowest BCUT2D eigenvalue weighted by molar-refractivity contribution is -0.121. The molecule has 1 heterocycles. The molecule has 0 aliphatic carbocycles. The summed E-state index contributed by atoms with van der Waals surface area (Å²) < 4.78 is 28.2. The minimum absolute atomic E-state index is 0.145. The summed E-state index contributed by atoms with van der Waals surface area (Å²) in [6.07, 6.45) is 1.24. The maximum absolute atomic E-state index is 13.4. The first kappa shape index (κ1) is 23.0. The van der Waals surface area contributed by atoms with E-state index in [2.05, 4.69) is 10.6 Å². The maximum atomic E-state index is 13.4. The maximum Gasteiger partial charge on any atom is 0.243 e. The van der Waals surface area contributed by atoms with Gasteiger partial charge in [-0.05, 0) is 62.9 Å². The zero-order valence-corrected chi connectivity index (χ0v) is 19.2. The van der Waals surface area contributed by atoms with Crippen molar-refractivity contribution in [2.45, 2.75) is 45.4 Å². The fourth-order valence-corrected chi connectivity index (χ4v) is 6.14. The van der Waals surface area contributed by atoms with Crippen LogP contribution in [0.5, 0.6) is 0 Å². The van der Waals surface area contributed by atoms with Gasteiger partial charge in [-0.25, -0.2) is 8.42 Å². The Balaban J connectivity index is 1.76. The third-order valence-electron chi connectivity index (χ3n) is 5.41.